The van der Waals surface area contributed by atoms with Crippen LogP contribution in [0.4, 0.5) is 0 Å². The molecule has 0 saturated carbocycles. The summed E-state index contributed by atoms with van der Waals surface area (Å²) in [7, 11) is 1.46. The number of nitrogens with one attached hydrogen (secondary N) is 1. The highest BCUT2D eigenvalue weighted by Gasteiger charge is 2.15. The first kappa shape index (κ1) is 21.4. The van der Waals surface area contributed by atoms with Crippen LogP contribution in [-0.4, -0.2) is 39.3 Å². The number of rotatable bonds is 7. The minimum atomic E-state index is -0.329. The van der Waals surface area contributed by atoms with Gasteiger partial charge in [-0.25, -0.2) is 14.6 Å². The van der Waals surface area contributed by atoms with E-state index >= 15 is 0 Å². The number of pyridine rings is 1. The normalized spacial score (nSPS) is 10.7. The maximum Gasteiger partial charge on any atom is 0.266 e. The maximum absolute atomic E-state index is 12.4. The molecule has 9 heteroatoms. The molecule has 0 unspecified atom stereocenters. The molecule has 0 aliphatic rings. The van der Waals surface area contributed by atoms with Gasteiger partial charge < -0.3 is 10.1 Å². The topological polar surface area (TPSA) is 99.0 Å². The zero-order chi connectivity index (χ0) is 22.5. The number of aryl methyl sites for hydroxylation is 1. The quantitative estimate of drug-likeness (QED) is 0.467. The van der Waals surface area contributed by atoms with E-state index in [1.165, 1.54) is 29.2 Å². The van der Waals surface area contributed by atoms with Gasteiger partial charge in [0.2, 0.25) is 5.88 Å². The number of ether oxygens (including phenoxy) is 1. The molecule has 0 aliphatic carbocycles. The number of benzene rings is 1. The van der Waals surface area contributed by atoms with Gasteiger partial charge >= 0.3 is 0 Å². The van der Waals surface area contributed by atoms with Crippen LogP contribution in [0, 0.1) is 6.92 Å². The highest BCUT2D eigenvalue weighted by molar-refractivity contribution is 7.18. The fourth-order valence-electron chi connectivity index (χ4n) is 3.17. The molecule has 4 aromatic rings. The predicted octanol–water partition coefficient (Wildman–Crippen LogP) is 3.18. The van der Waals surface area contributed by atoms with E-state index in [1.807, 2.05) is 37.3 Å². The SMILES string of the molecule is COc1ncccc1C(=O)NCCn1nc(-c2sc(-c3ccccc3)nc2C)ccc1=O. The fourth-order valence-corrected chi connectivity index (χ4v) is 4.20. The lowest BCUT2D eigenvalue weighted by Crippen LogP contribution is -2.32. The van der Waals surface area contributed by atoms with Crippen LogP contribution in [-0.2, 0) is 6.54 Å². The first-order chi connectivity index (χ1) is 15.6. The molecule has 0 spiro atoms. The van der Waals surface area contributed by atoms with Gasteiger partial charge in [0.25, 0.3) is 11.5 Å². The molecule has 0 atom stereocenters. The standard InChI is InChI=1S/C23H21N5O3S/c1-15-20(32-23(26-15)16-7-4-3-5-8-16)18-10-11-19(29)28(27-18)14-13-24-21(30)17-9-6-12-25-22(17)31-2/h3-12H,13-14H2,1-2H3,(H,24,30). The van der Waals surface area contributed by atoms with E-state index in [4.69, 9.17) is 4.74 Å². The molecule has 162 valence electrons. The van der Waals surface area contributed by atoms with Crippen molar-refractivity contribution in [3.63, 3.8) is 0 Å². The van der Waals surface area contributed by atoms with Gasteiger partial charge in [0.15, 0.2) is 0 Å². The molecule has 0 bridgehead atoms. The van der Waals surface area contributed by atoms with Gasteiger partial charge in [0, 0.05) is 24.4 Å². The third-order valence-corrected chi connectivity index (χ3v) is 5.96. The second-order valence-electron chi connectivity index (χ2n) is 6.90. The van der Waals surface area contributed by atoms with Gasteiger partial charge in [0.1, 0.15) is 16.3 Å². The first-order valence-corrected chi connectivity index (χ1v) is 10.8. The number of nitrogens with zero attached hydrogens (tertiary/aromatic N) is 4. The summed E-state index contributed by atoms with van der Waals surface area (Å²) in [6.45, 7) is 2.38. The Morgan fingerprint density at radius 1 is 1.12 bits per heavy atom. The average Bonchev–Trinajstić information content (AvgIpc) is 3.22. The van der Waals surface area contributed by atoms with E-state index < -0.39 is 0 Å². The second kappa shape index (κ2) is 9.52. The summed E-state index contributed by atoms with van der Waals surface area (Å²) in [4.78, 5) is 34.3. The van der Waals surface area contributed by atoms with Crippen LogP contribution in [0.3, 0.4) is 0 Å². The van der Waals surface area contributed by atoms with Gasteiger partial charge in [-0.1, -0.05) is 30.3 Å². The van der Waals surface area contributed by atoms with Crippen molar-refractivity contribution in [3.8, 4) is 27.0 Å². The maximum atomic E-state index is 12.4. The van der Waals surface area contributed by atoms with Crippen molar-refractivity contribution in [2.24, 2.45) is 0 Å². The van der Waals surface area contributed by atoms with Crippen molar-refractivity contribution in [1.29, 1.82) is 0 Å². The molecule has 0 radical (unpaired) electrons. The van der Waals surface area contributed by atoms with Crippen molar-refractivity contribution in [3.05, 3.63) is 82.4 Å². The van der Waals surface area contributed by atoms with Crippen LogP contribution < -0.4 is 15.6 Å². The van der Waals surface area contributed by atoms with E-state index in [0.717, 1.165) is 21.1 Å². The van der Waals surface area contributed by atoms with E-state index in [2.05, 4.69) is 20.4 Å². The van der Waals surface area contributed by atoms with E-state index in [0.29, 0.717) is 11.3 Å². The summed E-state index contributed by atoms with van der Waals surface area (Å²) in [6.07, 6.45) is 1.55. The average molecular weight is 448 g/mol. The summed E-state index contributed by atoms with van der Waals surface area (Å²) in [5, 5.41) is 8.18. The van der Waals surface area contributed by atoms with E-state index in [1.54, 1.807) is 24.4 Å². The van der Waals surface area contributed by atoms with Crippen LogP contribution >= 0.6 is 11.3 Å². The van der Waals surface area contributed by atoms with E-state index in [9.17, 15) is 9.59 Å². The molecule has 1 N–H and O–H groups in total. The van der Waals surface area contributed by atoms with Gasteiger partial charge in [-0.3, -0.25) is 9.59 Å². The van der Waals surface area contributed by atoms with Crippen LogP contribution in [0.25, 0.3) is 21.1 Å². The molecule has 0 saturated heterocycles. The lowest BCUT2D eigenvalue weighted by Gasteiger charge is -2.09. The zero-order valence-electron chi connectivity index (χ0n) is 17.6. The number of carbonyl (C=O) groups excluding carboxylic acids is 1. The summed E-state index contributed by atoms with van der Waals surface area (Å²) >= 11 is 1.53. The lowest BCUT2D eigenvalue weighted by molar-refractivity contribution is 0.0948. The fraction of sp³-hybridized carbons (Fsp3) is 0.174. The number of aromatic nitrogens is 4. The summed E-state index contributed by atoms with van der Waals surface area (Å²) in [6, 6.07) is 16.4. The molecule has 0 aliphatic heterocycles. The Kier molecular flexibility index (Phi) is 6.37. The van der Waals surface area contributed by atoms with Crippen LogP contribution in [0.5, 0.6) is 5.88 Å². The van der Waals surface area contributed by atoms with Crippen LogP contribution in [0.2, 0.25) is 0 Å². The Labute approximate surface area is 188 Å². The Morgan fingerprint density at radius 3 is 2.72 bits per heavy atom. The molecular formula is C23H21N5O3S. The first-order valence-electron chi connectivity index (χ1n) is 9.95. The highest BCUT2D eigenvalue weighted by Crippen LogP contribution is 2.33. The van der Waals surface area contributed by atoms with Crippen molar-refractivity contribution in [1.82, 2.24) is 25.1 Å². The summed E-state index contributed by atoms with van der Waals surface area (Å²) in [5.74, 6) is -0.0814. The van der Waals surface area contributed by atoms with Gasteiger partial charge in [-0.05, 0) is 25.1 Å². The van der Waals surface area contributed by atoms with Gasteiger partial charge in [-0.15, -0.1) is 11.3 Å². The third kappa shape index (κ3) is 4.57. The van der Waals surface area contributed by atoms with E-state index in [-0.39, 0.29) is 30.4 Å². The third-order valence-electron chi connectivity index (χ3n) is 4.73. The number of hydrogen-bond donors (Lipinski definition) is 1. The minimum absolute atomic E-state index is 0.226. The minimum Gasteiger partial charge on any atom is -0.480 e. The molecular weight excluding hydrogens is 426 g/mol. The Balaban J connectivity index is 1.50. The van der Waals surface area contributed by atoms with Crippen LogP contribution in [0.15, 0.2) is 65.6 Å². The molecule has 0 fully saturated rings. The molecule has 4 rings (SSSR count). The van der Waals surface area contributed by atoms with Crippen molar-refractivity contribution in [2.45, 2.75) is 13.5 Å². The number of thiazole rings is 1. The zero-order valence-corrected chi connectivity index (χ0v) is 18.4. The van der Waals surface area contributed by atoms with Gasteiger partial charge in [-0.2, -0.15) is 5.10 Å². The molecule has 1 amide bonds. The Bertz CT molecular complexity index is 1300. The second-order valence-corrected chi connectivity index (χ2v) is 7.89. The highest BCUT2D eigenvalue weighted by atomic mass is 32.1. The lowest BCUT2D eigenvalue weighted by atomic mass is 10.2. The molecule has 3 heterocycles. The summed E-state index contributed by atoms with van der Waals surface area (Å²) < 4.78 is 6.46. The monoisotopic (exact) mass is 447 g/mol. The largest absolute Gasteiger partial charge is 0.480 e. The number of carbonyl (C=O) groups is 1. The molecule has 3 aromatic heterocycles. The Morgan fingerprint density at radius 2 is 1.94 bits per heavy atom. The number of methoxy groups -OCH3 is 1. The predicted molar refractivity (Wildman–Crippen MR) is 123 cm³/mol. The molecule has 32 heavy (non-hydrogen) atoms. The van der Waals surface area contributed by atoms with Crippen molar-refractivity contribution < 1.29 is 9.53 Å². The van der Waals surface area contributed by atoms with Crippen molar-refractivity contribution >= 4 is 17.2 Å². The molecule has 8 nitrogen and oxygen atoms in total. The van der Waals surface area contributed by atoms with Crippen LogP contribution in [0.1, 0.15) is 16.1 Å². The number of hydrogen-bond acceptors (Lipinski definition) is 7. The smallest absolute Gasteiger partial charge is 0.266 e. The van der Waals surface area contributed by atoms with Crippen molar-refractivity contribution in [2.75, 3.05) is 13.7 Å². The molecule has 1 aromatic carbocycles. The Hall–Kier alpha value is -3.85. The summed E-state index contributed by atoms with van der Waals surface area (Å²) in [5.41, 5.74) is 2.64. The van der Waals surface area contributed by atoms with Gasteiger partial charge in [0.05, 0.1) is 24.2 Å². The number of amides is 1.